The topological polar surface area (TPSA) is 79.9 Å². The molecule has 2 aromatic rings. The number of methoxy groups -OCH3 is 2. The molecule has 2 amide bonds. The molecule has 1 heterocycles. The molecule has 0 saturated carbocycles. The standard InChI is InChI=1S/C28H39N3O4/c1-20(2)27(32)30-24-9-7-8-22(18-24)21-12-16-31(17-13-21)15-6-5-14-29-28(33)23-10-11-25(34-3)26(19-23)35-4/h7-11,18-21H,5-6,12-17H2,1-4H3,(H,29,33)(H,30,32). The number of ether oxygens (including phenoxy) is 2. The van der Waals surface area contributed by atoms with Crippen LogP contribution < -0.4 is 20.1 Å². The molecule has 7 nitrogen and oxygen atoms in total. The number of amides is 2. The van der Waals surface area contributed by atoms with Gasteiger partial charge in [-0.15, -0.1) is 0 Å². The fraction of sp³-hybridized carbons (Fsp3) is 0.500. The van der Waals surface area contributed by atoms with Crippen LogP contribution >= 0.6 is 0 Å². The Labute approximate surface area is 209 Å². The van der Waals surface area contributed by atoms with Crippen molar-refractivity contribution in [3.63, 3.8) is 0 Å². The number of piperidine rings is 1. The molecule has 190 valence electrons. The summed E-state index contributed by atoms with van der Waals surface area (Å²) >= 11 is 0. The van der Waals surface area contributed by atoms with Gasteiger partial charge in [-0.3, -0.25) is 9.59 Å². The first-order valence-corrected chi connectivity index (χ1v) is 12.5. The van der Waals surface area contributed by atoms with Crippen molar-refractivity contribution in [2.24, 2.45) is 5.92 Å². The number of hydrogen-bond donors (Lipinski definition) is 2. The zero-order valence-electron chi connectivity index (χ0n) is 21.4. The van der Waals surface area contributed by atoms with Crippen molar-refractivity contribution in [1.82, 2.24) is 10.2 Å². The monoisotopic (exact) mass is 481 g/mol. The second-order valence-corrected chi connectivity index (χ2v) is 9.42. The predicted octanol–water partition coefficient (Wildman–Crippen LogP) is 4.69. The Hall–Kier alpha value is -3.06. The van der Waals surface area contributed by atoms with Crippen molar-refractivity contribution in [3.05, 3.63) is 53.6 Å². The van der Waals surface area contributed by atoms with Crippen molar-refractivity contribution in [2.45, 2.75) is 45.4 Å². The Bertz CT molecular complexity index is 984. The predicted molar refractivity (Wildman–Crippen MR) is 139 cm³/mol. The Morgan fingerprint density at radius 2 is 1.74 bits per heavy atom. The van der Waals surface area contributed by atoms with Crippen LogP contribution in [0.15, 0.2) is 42.5 Å². The Balaban J connectivity index is 1.35. The second kappa shape index (κ2) is 13.1. The largest absolute Gasteiger partial charge is 0.493 e. The van der Waals surface area contributed by atoms with Crippen molar-refractivity contribution in [3.8, 4) is 11.5 Å². The summed E-state index contributed by atoms with van der Waals surface area (Å²) in [6.07, 6.45) is 4.24. The summed E-state index contributed by atoms with van der Waals surface area (Å²) in [5.41, 5.74) is 2.76. The van der Waals surface area contributed by atoms with E-state index in [1.807, 2.05) is 26.0 Å². The number of anilines is 1. The van der Waals surface area contributed by atoms with Gasteiger partial charge in [-0.1, -0.05) is 26.0 Å². The molecule has 0 aromatic heterocycles. The van der Waals surface area contributed by atoms with Gasteiger partial charge in [-0.05, 0) is 87.1 Å². The van der Waals surface area contributed by atoms with E-state index in [4.69, 9.17) is 9.47 Å². The summed E-state index contributed by atoms with van der Waals surface area (Å²) in [7, 11) is 3.14. The minimum absolute atomic E-state index is 0.0267. The van der Waals surface area contributed by atoms with Crippen LogP contribution in [0.25, 0.3) is 0 Å². The highest BCUT2D eigenvalue weighted by Crippen LogP contribution is 2.30. The van der Waals surface area contributed by atoms with Crippen LogP contribution in [0.2, 0.25) is 0 Å². The van der Waals surface area contributed by atoms with Gasteiger partial charge < -0.3 is 25.0 Å². The van der Waals surface area contributed by atoms with Crippen LogP contribution in [0.4, 0.5) is 5.69 Å². The lowest BCUT2D eigenvalue weighted by molar-refractivity contribution is -0.118. The van der Waals surface area contributed by atoms with Crippen LogP contribution in [0.3, 0.4) is 0 Å². The lowest BCUT2D eigenvalue weighted by Crippen LogP contribution is -2.34. The first kappa shape index (κ1) is 26.5. The van der Waals surface area contributed by atoms with E-state index in [1.54, 1.807) is 32.4 Å². The zero-order chi connectivity index (χ0) is 25.2. The molecule has 0 radical (unpaired) electrons. The van der Waals surface area contributed by atoms with Crippen LogP contribution in [0.1, 0.15) is 61.4 Å². The van der Waals surface area contributed by atoms with Crippen molar-refractivity contribution >= 4 is 17.5 Å². The highest BCUT2D eigenvalue weighted by molar-refractivity contribution is 5.95. The fourth-order valence-corrected chi connectivity index (χ4v) is 4.39. The molecular weight excluding hydrogens is 442 g/mol. The molecule has 3 rings (SSSR count). The summed E-state index contributed by atoms with van der Waals surface area (Å²) in [5, 5.41) is 6.00. The average Bonchev–Trinajstić information content (AvgIpc) is 2.88. The number of hydrogen-bond acceptors (Lipinski definition) is 5. The van der Waals surface area contributed by atoms with Crippen LogP contribution in [-0.4, -0.2) is 57.1 Å². The Morgan fingerprint density at radius 1 is 1.00 bits per heavy atom. The molecule has 0 bridgehead atoms. The van der Waals surface area contributed by atoms with Gasteiger partial charge in [0, 0.05) is 23.7 Å². The molecule has 0 unspecified atom stereocenters. The van der Waals surface area contributed by atoms with E-state index >= 15 is 0 Å². The summed E-state index contributed by atoms with van der Waals surface area (Å²) in [6, 6.07) is 13.5. The van der Waals surface area contributed by atoms with Gasteiger partial charge in [0.2, 0.25) is 5.91 Å². The highest BCUT2D eigenvalue weighted by Gasteiger charge is 2.21. The maximum Gasteiger partial charge on any atom is 0.251 e. The van der Waals surface area contributed by atoms with E-state index < -0.39 is 0 Å². The quantitative estimate of drug-likeness (QED) is 0.455. The van der Waals surface area contributed by atoms with Crippen molar-refractivity contribution < 1.29 is 19.1 Å². The van der Waals surface area contributed by atoms with Gasteiger partial charge in [0.1, 0.15) is 0 Å². The molecule has 1 fully saturated rings. The van der Waals surface area contributed by atoms with Crippen molar-refractivity contribution in [1.29, 1.82) is 0 Å². The van der Waals surface area contributed by atoms with E-state index in [0.29, 0.717) is 29.5 Å². The van der Waals surface area contributed by atoms with E-state index in [-0.39, 0.29) is 17.7 Å². The van der Waals surface area contributed by atoms with Crippen LogP contribution in [0, 0.1) is 5.92 Å². The van der Waals surface area contributed by atoms with Crippen molar-refractivity contribution in [2.75, 3.05) is 45.7 Å². The second-order valence-electron chi connectivity index (χ2n) is 9.42. The Kier molecular flexibility index (Phi) is 9.97. The Morgan fingerprint density at radius 3 is 2.43 bits per heavy atom. The zero-order valence-corrected chi connectivity index (χ0v) is 21.4. The molecule has 1 saturated heterocycles. The van der Waals surface area contributed by atoms with Crippen LogP contribution in [-0.2, 0) is 4.79 Å². The number of likely N-dealkylation sites (tertiary alicyclic amines) is 1. The number of rotatable bonds is 11. The van der Waals surface area contributed by atoms with Gasteiger partial charge in [-0.25, -0.2) is 0 Å². The number of carbonyl (C=O) groups excluding carboxylic acids is 2. The number of carbonyl (C=O) groups is 2. The minimum Gasteiger partial charge on any atom is -0.493 e. The maximum atomic E-state index is 12.4. The molecule has 1 aliphatic heterocycles. The summed E-state index contributed by atoms with van der Waals surface area (Å²) in [4.78, 5) is 26.9. The minimum atomic E-state index is -0.0985. The number of nitrogens with zero attached hydrogens (tertiary/aromatic N) is 1. The SMILES string of the molecule is COc1ccc(C(=O)NCCCCN2CCC(c3cccc(NC(=O)C(C)C)c3)CC2)cc1OC. The normalized spacial score (nSPS) is 14.5. The molecule has 0 aliphatic carbocycles. The number of benzene rings is 2. The van der Waals surface area contributed by atoms with Gasteiger partial charge in [0.15, 0.2) is 11.5 Å². The number of unbranched alkanes of at least 4 members (excludes halogenated alkanes) is 1. The smallest absolute Gasteiger partial charge is 0.251 e. The molecule has 1 aliphatic rings. The average molecular weight is 482 g/mol. The molecule has 2 N–H and O–H groups in total. The molecule has 7 heteroatoms. The molecule has 0 spiro atoms. The summed E-state index contributed by atoms with van der Waals surface area (Å²) in [5.74, 6) is 1.62. The first-order chi connectivity index (χ1) is 16.9. The molecule has 35 heavy (non-hydrogen) atoms. The molecular formula is C28H39N3O4. The van der Waals surface area contributed by atoms with E-state index in [0.717, 1.165) is 51.0 Å². The van der Waals surface area contributed by atoms with E-state index in [9.17, 15) is 9.59 Å². The van der Waals surface area contributed by atoms with Gasteiger partial charge in [0.25, 0.3) is 5.91 Å². The van der Waals surface area contributed by atoms with Gasteiger partial charge >= 0.3 is 0 Å². The highest BCUT2D eigenvalue weighted by atomic mass is 16.5. The third-order valence-corrected chi connectivity index (χ3v) is 6.57. The lowest BCUT2D eigenvalue weighted by Gasteiger charge is -2.32. The third-order valence-electron chi connectivity index (χ3n) is 6.57. The molecule has 0 atom stereocenters. The van der Waals surface area contributed by atoms with Gasteiger partial charge in [-0.2, -0.15) is 0 Å². The molecule has 2 aromatic carbocycles. The summed E-state index contributed by atoms with van der Waals surface area (Å²) < 4.78 is 10.5. The lowest BCUT2D eigenvalue weighted by atomic mass is 9.89. The van der Waals surface area contributed by atoms with Crippen LogP contribution in [0.5, 0.6) is 11.5 Å². The summed E-state index contributed by atoms with van der Waals surface area (Å²) in [6.45, 7) is 7.65. The van der Waals surface area contributed by atoms with E-state index in [1.165, 1.54) is 5.56 Å². The van der Waals surface area contributed by atoms with E-state index in [2.05, 4.69) is 27.7 Å². The first-order valence-electron chi connectivity index (χ1n) is 12.5. The maximum absolute atomic E-state index is 12.4. The third kappa shape index (κ3) is 7.72. The fourth-order valence-electron chi connectivity index (χ4n) is 4.39. The van der Waals surface area contributed by atoms with Gasteiger partial charge in [0.05, 0.1) is 14.2 Å². The number of nitrogens with one attached hydrogen (secondary N) is 2.